The third kappa shape index (κ3) is 5.23. The van der Waals surface area contributed by atoms with Gasteiger partial charge in [-0.3, -0.25) is 9.36 Å². The van der Waals surface area contributed by atoms with Gasteiger partial charge in [-0.1, -0.05) is 59.8 Å². The molecule has 0 bridgehead atoms. The van der Waals surface area contributed by atoms with E-state index in [4.69, 9.17) is 0 Å². The first-order valence-electron chi connectivity index (χ1n) is 10.2. The van der Waals surface area contributed by atoms with E-state index in [1.807, 2.05) is 66.9 Å². The Kier molecular flexibility index (Phi) is 6.66. The summed E-state index contributed by atoms with van der Waals surface area (Å²) in [5.41, 5.74) is 4.80. The third-order valence-corrected chi connectivity index (χ3v) is 5.91. The molecule has 0 radical (unpaired) electrons. The molecular weight excluding hydrogens is 423 g/mol. The molecule has 1 amide bonds. The second kappa shape index (κ2) is 9.78. The second-order valence-electron chi connectivity index (χ2n) is 7.53. The number of aromatic nitrogens is 3. The van der Waals surface area contributed by atoms with Gasteiger partial charge < -0.3 is 5.32 Å². The van der Waals surface area contributed by atoms with Gasteiger partial charge in [0.15, 0.2) is 5.16 Å². The molecule has 1 N–H and O–H groups in total. The van der Waals surface area contributed by atoms with Crippen LogP contribution in [0.2, 0.25) is 0 Å². The molecule has 0 aliphatic rings. The fourth-order valence-electron chi connectivity index (χ4n) is 3.41. The van der Waals surface area contributed by atoms with Crippen LogP contribution >= 0.6 is 11.8 Å². The van der Waals surface area contributed by atoms with Crippen LogP contribution in [0.4, 0.5) is 10.1 Å². The maximum atomic E-state index is 13.5. The lowest BCUT2D eigenvalue weighted by Gasteiger charge is -2.11. The number of anilines is 1. The third-order valence-electron chi connectivity index (χ3n) is 4.98. The smallest absolute Gasteiger partial charge is 0.234 e. The largest absolute Gasteiger partial charge is 0.325 e. The van der Waals surface area contributed by atoms with Gasteiger partial charge in [0.05, 0.1) is 5.75 Å². The molecule has 0 aliphatic carbocycles. The highest BCUT2D eigenvalue weighted by Gasteiger charge is 2.17. The van der Waals surface area contributed by atoms with Gasteiger partial charge in [0.25, 0.3) is 0 Å². The number of amides is 1. The zero-order valence-electron chi connectivity index (χ0n) is 17.9. The Hall–Kier alpha value is -3.45. The molecule has 5 nitrogen and oxygen atoms in total. The molecular formula is C25H23FN4OS. The van der Waals surface area contributed by atoms with Gasteiger partial charge in [-0.15, -0.1) is 10.2 Å². The van der Waals surface area contributed by atoms with Crippen molar-refractivity contribution < 1.29 is 9.18 Å². The maximum absolute atomic E-state index is 13.5. The lowest BCUT2D eigenvalue weighted by atomic mass is 10.1. The quantitative estimate of drug-likeness (QED) is 0.389. The normalized spacial score (nSPS) is 10.8. The summed E-state index contributed by atoms with van der Waals surface area (Å²) in [5.74, 6) is 0.464. The van der Waals surface area contributed by atoms with Gasteiger partial charge in [-0.2, -0.15) is 0 Å². The molecule has 0 saturated carbocycles. The van der Waals surface area contributed by atoms with E-state index < -0.39 is 0 Å². The number of carbonyl (C=O) groups excluding carboxylic acids is 1. The molecule has 162 valence electrons. The van der Waals surface area contributed by atoms with Crippen LogP contribution in [0.3, 0.4) is 0 Å². The molecule has 0 unspecified atom stereocenters. The van der Waals surface area contributed by atoms with Crippen LogP contribution in [-0.4, -0.2) is 26.4 Å². The van der Waals surface area contributed by atoms with Crippen LogP contribution in [0.5, 0.6) is 0 Å². The molecule has 4 rings (SSSR count). The molecule has 0 saturated heterocycles. The Labute approximate surface area is 190 Å². The van der Waals surface area contributed by atoms with Crippen molar-refractivity contribution in [3.05, 3.63) is 101 Å². The maximum Gasteiger partial charge on any atom is 0.234 e. The number of nitrogens with zero attached hydrogens (tertiary/aromatic N) is 3. The zero-order chi connectivity index (χ0) is 22.5. The summed E-state index contributed by atoms with van der Waals surface area (Å²) in [4.78, 5) is 12.6. The number of aryl methyl sites for hydroxylation is 2. The second-order valence-corrected chi connectivity index (χ2v) is 8.47. The zero-order valence-corrected chi connectivity index (χ0v) is 18.7. The molecule has 0 atom stereocenters. The van der Waals surface area contributed by atoms with Crippen LogP contribution < -0.4 is 5.32 Å². The summed E-state index contributed by atoms with van der Waals surface area (Å²) < 4.78 is 15.4. The SMILES string of the molecule is Cc1ccc(NC(=O)CSc2nnc(Cc3ccccc3)n2-c2ccc(F)cc2)c(C)c1. The monoisotopic (exact) mass is 446 g/mol. The van der Waals surface area contributed by atoms with Crippen molar-refractivity contribution in [1.29, 1.82) is 0 Å². The standard InChI is InChI=1S/C25H23FN4OS/c1-17-8-13-22(18(2)14-17)27-24(31)16-32-25-29-28-23(15-19-6-4-3-5-7-19)30(25)21-11-9-20(26)10-12-21/h3-14H,15-16H2,1-2H3,(H,27,31). The topological polar surface area (TPSA) is 59.8 Å². The Morgan fingerprint density at radius 3 is 2.47 bits per heavy atom. The summed E-state index contributed by atoms with van der Waals surface area (Å²) in [6, 6.07) is 22.0. The van der Waals surface area contributed by atoms with Crippen molar-refractivity contribution in [2.24, 2.45) is 0 Å². The Morgan fingerprint density at radius 2 is 1.75 bits per heavy atom. The van der Waals surface area contributed by atoms with Crippen molar-refractivity contribution in [3.8, 4) is 5.69 Å². The van der Waals surface area contributed by atoms with Crippen molar-refractivity contribution in [1.82, 2.24) is 14.8 Å². The van der Waals surface area contributed by atoms with E-state index in [2.05, 4.69) is 15.5 Å². The van der Waals surface area contributed by atoms with Gasteiger partial charge in [0.2, 0.25) is 5.91 Å². The number of hydrogen-bond donors (Lipinski definition) is 1. The predicted molar refractivity (Wildman–Crippen MR) is 126 cm³/mol. The highest BCUT2D eigenvalue weighted by Crippen LogP contribution is 2.24. The van der Waals surface area contributed by atoms with E-state index in [0.29, 0.717) is 11.6 Å². The molecule has 32 heavy (non-hydrogen) atoms. The number of thioether (sulfide) groups is 1. The lowest BCUT2D eigenvalue weighted by Crippen LogP contribution is -2.15. The molecule has 0 spiro atoms. The van der Waals surface area contributed by atoms with Gasteiger partial charge in [0.1, 0.15) is 11.6 Å². The average Bonchev–Trinajstić information content (AvgIpc) is 3.18. The van der Waals surface area contributed by atoms with Crippen molar-refractivity contribution in [3.63, 3.8) is 0 Å². The van der Waals surface area contributed by atoms with Crippen molar-refractivity contribution in [2.75, 3.05) is 11.1 Å². The van der Waals surface area contributed by atoms with E-state index in [1.54, 1.807) is 12.1 Å². The fraction of sp³-hybridized carbons (Fsp3) is 0.160. The van der Waals surface area contributed by atoms with E-state index in [0.717, 1.165) is 33.9 Å². The Balaban J connectivity index is 1.55. The molecule has 7 heteroatoms. The Morgan fingerprint density at radius 1 is 1.00 bits per heavy atom. The Bertz CT molecular complexity index is 1220. The summed E-state index contributed by atoms with van der Waals surface area (Å²) in [6.45, 7) is 3.99. The van der Waals surface area contributed by atoms with E-state index in [1.165, 1.54) is 23.9 Å². The number of benzene rings is 3. The van der Waals surface area contributed by atoms with Crippen LogP contribution in [0.25, 0.3) is 5.69 Å². The first-order chi connectivity index (χ1) is 15.5. The summed E-state index contributed by atoms with van der Waals surface area (Å²) >= 11 is 1.30. The van der Waals surface area contributed by atoms with Gasteiger partial charge >= 0.3 is 0 Å². The van der Waals surface area contributed by atoms with Crippen LogP contribution in [0.15, 0.2) is 78.0 Å². The first kappa shape index (κ1) is 21.8. The van der Waals surface area contributed by atoms with Crippen molar-refractivity contribution >= 4 is 23.4 Å². The predicted octanol–water partition coefficient (Wildman–Crippen LogP) is 5.34. The summed E-state index contributed by atoms with van der Waals surface area (Å²) in [6.07, 6.45) is 0.570. The summed E-state index contributed by atoms with van der Waals surface area (Å²) in [7, 11) is 0. The molecule has 1 aromatic heterocycles. The number of hydrogen-bond acceptors (Lipinski definition) is 4. The van der Waals surface area contributed by atoms with E-state index >= 15 is 0 Å². The average molecular weight is 447 g/mol. The highest BCUT2D eigenvalue weighted by atomic mass is 32.2. The van der Waals surface area contributed by atoms with Crippen LogP contribution in [0, 0.1) is 19.7 Å². The molecule has 1 heterocycles. The molecule has 0 aliphatic heterocycles. The van der Waals surface area contributed by atoms with Crippen LogP contribution in [0.1, 0.15) is 22.5 Å². The van der Waals surface area contributed by atoms with Gasteiger partial charge in [-0.05, 0) is 55.3 Å². The number of carbonyl (C=O) groups is 1. The first-order valence-corrected chi connectivity index (χ1v) is 11.2. The lowest BCUT2D eigenvalue weighted by molar-refractivity contribution is -0.113. The highest BCUT2D eigenvalue weighted by molar-refractivity contribution is 7.99. The summed E-state index contributed by atoms with van der Waals surface area (Å²) in [5, 5.41) is 12.2. The minimum Gasteiger partial charge on any atom is -0.325 e. The minimum absolute atomic E-state index is 0.125. The number of nitrogens with one attached hydrogen (secondary N) is 1. The molecule has 0 fully saturated rings. The van der Waals surface area contributed by atoms with Gasteiger partial charge in [0, 0.05) is 17.8 Å². The number of halogens is 1. The van der Waals surface area contributed by atoms with Crippen LogP contribution in [-0.2, 0) is 11.2 Å². The minimum atomic E-state index is -0.312. The van der Waals surface area contributed by atoms with E-state index in [9.17, 15) is 9.18 Å². The number of rotatable bonds is 7. The fourth-order valence-corrected chi connectivity index (χ4v) is 4.18. The van der Waals surface area contributed by atoms with Crippen molar-refractivity contribution in [2.45, 2.75) is 25.4 Å². The van der Waals surface area contributed by atoms with Gasteiger partial charge in [-0.25, -0.2) is 4.39 Å². The molecule has 3 aromatic carbocycles. The molecule has 4 aromatic rings. The van der Waals surface area contributed by atoms with E-state index in [-0.39, 0.29) is 17.5 Å².